The number of ether oxygens (including phenoxy) is 1. The molecule has 0 saturated heterocycles. The lowest BCUT2D eigenvalue weighted by Crippen LogP contribution is -2.29. The first-order valence-corrected chi connectivity index (χ1v) is 6.85. The highest BCUT2D eigenvalue weighted by atomic mass is 127. The van der Waals surface area contributed by atoms with E-state index in [2.05, 4.69) is 48.6 Å². The molecule has 0 aliphatic rings. The predicted octanol–water partition coefficient (Wildman–Crippen LogP) is 2.52. The van der Waals surface area contributed by atoms with Crippen LogP contribution in [0.2, 0.25) is 0 Å². The molecule has 0 aliphatic heterocycles. The number of alkyl halides is 1. The molecule has 1 aromatic rings. The number of halogens is 2. The molecule has 1 aromatic carbocycles. The Morgan fingerprint density at radius 3 is 2.88 bits per heavy atom. The van der Waals surface area contributed by atoms with Crippen molar-refractivity contribution < 1.29 is 9.53 Å². The van der Waals surface area contributed by atoms with Crippen molar-refractivity contribution in [3.63, 3.8) is 0 Å². The molecule has 0 spiro atoms. The van der Waals surface area contributed by atoms with Gasteiger partial charge in [-0.2, -0.15) is 0 Å². The van der Waals surface area contributed by atoms with Crippen LogP contribution in [0.1, 0.15) is 5.56 Å². The van der Waals surface area contributed by atoms with Gasteiger partial charge in [0.25, 0.3) is 0 Å². The molecule has 1 atom stereocenters. The second-order valence-corrected chi connectivity index (χ2v) is 5.57. The van der Waals surface area contributed by atoms with Gasteiger partial charge in [0.1, 0.15) is 3.92 Å². The molecule has 3 nitrogen and oxygen atoms in total. The zero-order valence-electron chi connectivity index (χ0n) is 8.87. The number of carbonyl (C=O) groups is 1. The Balaban J connectivity index is 2.36. The second kappa shape index (κ2) is 7.24. The summed E-state index contributed by atoms with van der Waals surface area (Å²) in [6, 6.07) is 8.00. The van der Waals surface area contributed by atoms with Crippen LogP contribution in [0.4, 0.5) is 0 Å². The lowest BCUT2D eigenvalue weighted by Gasteiger charge is -2.10. The molecule has 0 fully saturated rings. The molecule has 88 valence electrons. The molecule has 1 rings (SSSR count). The summed E-state index contributed by atoms with van der Waals surface area (Å²) in [6.07, 6.45) is 0. The van der Waals surface area contributed by atoms with E-state index in [1.54, 1.807) is 0 Å². The largest absolute Gasteiger partial charge is 0.468 e. The van der Waals surface area contributed by atoms with Gasteiger partial charge in [0.05, 0.1) is 7.11 Å². The monoisotopic (exact) mass is 397 g/mol. The minimum Gasteiger partial charge on any atom is -0.468 e. The Bertz CT molecular complexity index is 360. The zero-order valence-corrected chi connectivity index (χ0v) is 12.6. The topological polar surface area (TPSA) is 38.3 Å². The maximum absolute atomic E-state index is 11.1. The molecule has 0 aromatic heterocycles. The van der Waals surface area contributed by atoms with Crippen molar-refractivity contribution >= 4 is 44.5 Å². The van der Waals surface area contributed by atoms with Gasteiger partial charge in [0.15, 0.2) is 0 Å². The van der Waals surface area contributed by atoms with Crippen LogP contribution < -0.4 is 5.32 Å². The number of hydrogen-bond donors (Lipinski definition) is 1. The third-order valence-electron chi connectivity index (χ3n) is 2.05. The van der Waals surface area contributed by atoms with Crippen LogP contribution in [0.5, 0.6) is 0 Å². The first-order chi connectivity index (χ1) is 7.65. The Morgan fingerprint density at radius 1 is 1.56 bits per heavy atom. The van der Waals surface area contributed by atoms with Crippen molar-refractivity contribution in [1.29, 1.82) is 0 Å². The van der Waals surface area contributed by atoms with Gasteiger partial charge in [-0.15, -0.1) is 0 Å². The number of carbonyl (C=O) groups excluding carboxylic acids is 1. The van der Waals surface area contributed by atoms with E-state index in [1.165, 1.54) is 12.7 Å². The molecule has 0 heterocycles. The van der Waals surface area contributed by atoms with Crippen molar-refractivity contribution in [2.24, 2.45) is 0 Å². The molecule has 0 aliphatic carbocycles. The lowest BCUT2D eigenvalue weighted by atomic mass is 10.2. The third-order valence-corrected chi connectivity index (χ3v) is 3.78. The summed E-state index contributed by atoms with van der Waals surface area (Å²) in [4.78, 5) is 11.1. The van der Waals surface area contributed by atoms with Gasteiger partial charge in [0.2, 0.25) is 0 Å². The van der Waals surface area contributed by atoms with E-state index in [0.29, 0.717) is 6.54 Å². The van der Waals surface area contributed by atoms with Gasteiger partial charge >= 0.3 is 5.97 Å². The van der Waals surface area contributed by atoms with Crippen molar-refractivity contribution in [1.82, 2.24) is 5.32 Å². The quantitative estimate of drug-likeness (QED) is 0.471. The molecule has 0 radical (unpaired) electrons. The number of esters is 1. The van der Waals surface area contributed by atoms with E-state index in [9.17, 15) is 4.79 Å². The van der Waals surface area contributed by atoms with E-state index in [4.69, 9.17) is 0 Å². The van der Waals surface area contributed by atoms with Crippen molar-refractivity contribution in [2.75, 3.05) is 13.7 Å². The van der Waals surface area contributed by atoms with Crippen LogP contribution >= 0.6 is 38.5 Å². The van der Waals surface area contributed by atoms with Gasteiger partial charge < -0.3 is 10.1 Å². The summed E-state index contributed by atoms with van der Waals surface area (Å²) < 4.78 is 5.57. The Morgan fingerprint density at radius 2 is 2.25 bits per heavy atom. The number of methoxy groups -OCH3 is 1. The second-order valence-electron chi connectivity index (χ2n) is 3.21. The van der Waals surface area contributed by atoms with Crippen LogP contribution in [0, 0.1) is 0 Å². The fourth-order valence-electron chi connectivity index (χ4n) is 1.19. The van der Waals surface area contributed by atoms with Crippen LogP contribution in [0.25, 0.3) is 0 Å². The number of hydrogen-bond acceptors (Lipinski definition) is 3. The van der Waals surface area contributed by atoms with E-state index in [-0.39, 0.29) is 9.89 Å². The fourth-order valence-corrected chi connectivity index (χ4v) is 2.18. The predicted molar refractivity (Wildman–Crippen MR) is 75.7 cm³/mol. The maximum atomic E-state index is 11.1. The maximum Gasteiger partial charge on any atom is 0.319 e. The molecule has 1 unspecified atom stereocenters. The summed E-state index contributed by atoms with van der Waals surface area (Å²) >= 11 is 5.54. The van der Waals surface area contributed by atoms with Gasteiger partial charge in [-0.1, -0.05) is 56.7 Å². The highest BCUT2D eigenvalue weighted by Crippen LogP contribution is 2.15. The average Bonchev–Trinajstić information content (AvgIpc) is 2.30. The first kappa shape index (κ1) is 13.9. The SMILES string of the molecule is COC(=O)C(I)CNCc1ccccc1Br. The summed E-state index contributed by atoms with van der Waals surface area (Å²) in [7, 11) is 1.40. The summed E-state index contributed by atoms with van der Waals surface area (Å²) in [5.74, 6) is -0.194. The standard InChI is InChI=1S/C11H13BrINO2/c1-16-11(15)10(13)7-14-6-8-4-2-3-5-9(8)12/h2-5,10,14H,6-7H2,1H3. The van der Waals surface area contributed by atoms with Gasteiger partial charge in [-0.3, -0.25) is 4.79 Å². The molecule has 1 N–H and O–H groups in total. The highest BCUT2D eigenvalue weighted by Gasteiger charge is 2.13. The zero-order chi connectivity index (χ0) is 12.0. The summed E-state index contributed by atoms with van der Waals surface area (Å²) in [6.45, 7) is 1.34. The van der Waals surface area contributed by atoms with E-state index in [0.717, 1.165) is 11.0 Å². The summed E-state index contributed by atoms with van der Waals surface area (Å²) in [5.41, 5.74) is 1.18. The highest BCUT2D eigenvalue weighted by molar-refractivity contribution is 14.1. The Labute approximate surface area is 117 Å². The van der Waals surface area contributed by atoms with Crippen LogP contribution in [-0.4, -0.2) is 23.5 Å². The van der Waals surface area contributed by atoms with Crippen molar-refractivity contribution in [3.05, 3.63) is 34.3 Å². The molecular weight excluding hydrogens is 385 g/mol. The average molecular weight is 398 g/mol. The summed E-state index contributed by atoms with van der Waals surface area (Å²) in [5, 5.41) is 3.22. The van der Waals surface area contributed by atoms with E-state index < -0.39 is 0 Å². The number of benzene rings is 1. The van der Waals surface area contributed by atoms with Gasteiger partial charge in [-0.25, -0.2) is 0 Å². The molecule has 0 bridgehead atoms. The van der Waals surface area contributed by atoms with Crippen LogP contribution in [-0.2, 0) is 16.1 Å². The van der Waals surface area contributed by atoms with E-state index >= 15 is 0 Å². The minimum atomic E-state index is -0.194. The molecule has 0 amide bonds. The van der Waals surface area contributed by atoms with Gasteiger partial charge in [0, 0.05) is 17.6 Å². The Kier molecular flexibility index (Phi) is 6.30. The first-order valence-electron chi connectivity index (χ1n) is 4.81. The molecule has 5 heteroatoms. The number of nitrogens with one attached hydrogen (secondary N) is 1. The molecule has 0 saturated carbocycles. The van der Waals surface area contributed by atoms with Crippen LogP contribution in [0.15, 0.2) is 28.7 Å². The number of rotatable bonds is 5. The van der Waals surface area contributed by atoms with Crippen molar-refractivity contribution in [2.45, 2.75) is 10.5 Å². The minimum absolute atomic E-state index is 0.148. The molecular formula is C11H13BrINO2. The van der Waals surface area contributed by atoms with Crippen molar-refractivity contribution in [3.8, 4) is 0 Å². The van der Waals surface area contributed by atoms with Gasteiger partial charge in [-0.05, 0) is 11.6 Å². The Hall–Kier alpha value is -0.140. The van der Waals surface area contributed by atoms with E-state index in [1.807, 2.05) is 24.3 Å². The normalized spacial score (nSPS) is 12.2. The molecule has 16 heavy (non-hydrogen) atoms. The third kappa shape index (κ3) is 4.39. The smallest absolute Gasteiger partial charge is 0.319 e. The van der Waals surface area contributed by atoms with Crippen LogP contribution in [0.3, 0.4) is 0 Å². The fraction of sp³-hybridized carbons (Fsp3) is 0.364. The lowest BCUT2D eigenvalue weighted by molar-refractivity contribution is -0.139.